The number of ether oxygens (including phenoxy) is 1. The van der Waals surface area contributed by atoms with Gasteiger partial charge in [0.2, 0.25) is 5.88 Å². The van der Waals surface area contributed by atoms with E-state index in [0.717, 1.165) is 31.1 Å². The van der Waals surface area contributed by atoms with Crippen molar-refractivity contribution in [1.82, 2.24) is 10.3 Å². The molecule has 0 atom stereocenters. The van der Waals surface area contributed by atoms with Gasteiger partial charge in [-0.25, -0.2) is 4.98 Å². The number of hydrogen-bond acceptors (Lipinski definition) is 3. The summed E-state index contributed by atoms with van der Waals surface area (Å²) in [5.74, 6) is 0.738. The maximum absolute atomic E-state index is 5.64. The SMILES string of the molecule is CCNCc1cc(CC)nc(OC(C)C)c1. The van der Waals surface area contributed by atoms with E-state index in [1.807, 2.05) is 19.9 Å². The molecule has 3 heteroatoms. The fourth-order valence-corrected chi connectivity index (χ4v) is 1.47. The monoisotopic (exact) mass is 222 g/mol. The molecule has 0 aliphatic rings. The van der Waals surface area contributed by atoms with Crippen LogP contribution in [0.4, 0.5) is 0 Å². The molecular formula is C13H22N2O. The molecule has 0 aromatic carbocycles. The molecule has 0 bridgehead atoms. The topological polar surface area (TPSA) is 34.2 Å². The highest BCUT2D eigenvalue weighted by Crippen LogP contribution is 2.14. The van der Waals surface area contributed by atoms with Crippen LogP contribution in [0.15, 0.2) is 12.1 Å². The first-order valence-electron chi connectivity index (χ1n) is 6.02. The van der Waals surface area contributed by atoms with Crippen LogP contribution in [-0.2, 0) is 13.0 Å². The van der Waals surface area contributed by atoms with Crippen LogP contribution in [0.1, 0.15) is 39.0 Å². The number of hydrogen-bond donors (Lipinski definition) is 1. The lowest BCUT2D eigenvalue weighted by Gasteiger charge is -2.12. The van der Waals surface area contributed by atoms with Crippen LogP contribution in [0.3, 0.4) is 0 Å². The van der Waals surface area contributed by atoms with Crippen LogP contribution in [0, 0.1) is 0 Å². The molecule has 1 heterocycles. The van der Waals surface area contributed by atoms with Gasteiger partial charge >= 0.3 is 0 Å². The summed E-state index contributed by atoms with van der Waals surface area (Å²) in [6.45, 7) is 10.1. The van der Waals surface area contributed by atoms with E-state index < -0.39 is 0 Å². The van der Waals surface area contributed by atoms with Crippen molar-refractivity contribution in [3.8, 4) is 5.88 Å². The van der Waals surface area contributed by atoms with Crippen LogP contribution in [0.2, 0.25) is 0 Å². The number of nitrogens with zero attached hydrogens (tertiary/aromatic N) is 1. The van der Waals surface area contributed by atoms with E-state index in [4.69, 9.17) is 4.74 Å². The molecule has 0 saturated heterocycles. The van der Waals surface area contributed by atoms with Crippen LogP contribution in [0.5, 0.6) is 5.88 Å². The van der Waals surface area contributed by atoms with Gasteiger partial charge < -0.3 is 10.1 Å². The number of pyridine rings is 1. The number of aryl methyl sites for hydroxylation is 1. The molecule has 1 rings (SSSR count). The summed E-state index contributed by atoms with van der Waals surface area (Å²) in [4.78, 5) is 4.45. The Kier molecular flexibility index (Phi) is 5.26. The van der Waals surface area contributed by atoms with Gasteiger partial charge in [-0.2, -0.15) is 0 Å². The van der Waals surface area contributed by atoms with Gasteiger partial charge in [0.15, 0.2) is 0 Å². The minimum absolute atomic E-state index is 0.173. The number of nitrogens with one attached hydrogen (secondary N) is 1. The summed E-state index contributed by atoms with van der Waals surface area (Å²) in [6, 6.07) is 4.15. The maximum Gasteiger partial charge on any atom is 0.214 e. The van der Waals surface area contributed by atoms with Crippen molar-refractivity contribution >= 4 is 0 Å². The zero-order valence-electron chi connectivity index (χ0n) is 10.7. The zero-order chi connectivity index (χ0) is 12.0. The maximum atomic E-state index is 5.64. The summed E-state index contributed by atoms with van der Waals surface area (Å²) < 4.78 is 5.64. The van der Waals surface area contributed by atoms with Crippen molar-refractivity contribution in [2.75, 3.05) is 6.54 Å². The number of rotatable bonds is 6. The molecule has 0 radical (unpaired) electrons. The first-order chi connectivity index (χ1) is 7.65. The third-order valence-electron chi connectivity index (χ3n) is 2.21. The second-order valence-electron chi connectivity index (χ2n) is 4.11. The summed E-state index contributed by atoms with van der Waals surface area (Å²) in [7, 11) is 0. The first kappa shape index (κ1) is 13.0. The largest absolute Gasteiger partial charge is 0.475 e. The van der Waals surface area contributed by atoms with Crippen LogP contribution in [0.25, 0.3) is 0 Å². The smallest absolute Gasteiger partial charge is 0.214 e. The van der Waals surface area contributed by atoms with Crippen LogP contribution in [-0.4, -0.2) is 17.6 Å². The van der Waals surface area contributed by atoms with Gasteiger partial charge in [0, 0.05) is 18.3 Å². The Morgan fingerprint density at radius 3 is 2.62 bits per heavy atom. The van der Waals surface area contributed by atoms with Gasteiger partial charge in [0.25, 0.3) is 0 Å². The molecule has 3 nitrogen and oxygen atoms in total. The van der Waals surface area contributed by atoms with Crippen molar-refractivity contribution in [1.29, 1.82) is 0 Å². The lowest BCUT2D eigenvalue weighted by molar-refractivity contribution is 0.232. The molecule has 0 aliphatic heterocycles. The Labute approximate surface area is 98.2 Å². The van der Waals surface area contributed by atoms with Crippen molar-refractivity contribution in [2.45, 2.75) is 46.8 Å². The van der Waals surface area contributed by atoms with E-state index in [2.05, 4.69) is 30.2 Å². The molecule has 90 valence electrons. The Morgan fingerprint density at radius 2 is 2.06 bits per heavy atom. The Balaban J connectivity index is 2.82. The molecule has 16 heavy (non-hydrogen) atoms. The summed E-state index contributed by atoms with van der Waals surface area (Å²) in [5, 5.41) is 3.31. The minimum Gasteiger partial charge on any atom is -0.475 e. The molecule has 1 aromatic heterocycles. The van der Waals surface area contributed by atoms with Gasteiger partial charge in [-0.05, 0) is 38.4 Å². The van der Waals surface area contributed by atoms with E-state index in [1.54, 1.807) is 0 Å². The molecule has 0 saturated carbocycles. The highest BCUT2D eigenvalue weighted by Gasteiger charge is 2.04. The summed E-state index contributed by atoms with van der Waals surface area (Å²) in [6.07, 6.45) is 1.11. The van der Waals surface area contributed by atoms with E-state index in [-0.39, 0.29) is 6.10 Å². The Morgan fingerprint density at radius 1 is 1.31 bits per heavy atom. The molecule has 0 spiro atoms. The number of aromatic nitrogens is 1. The predicted molar refractivity (Wildman–Crippen MR) is 66.8 cm³/mol. The second-order valence-corrected chi connectivity index (χ2v) is 4.11. The average molecular weight is 222 g/mol. The summed E-state index contributed by atoms with van der Waals surface area (Å²) in [5.41, 5.74) is 2.33. The zero-order valence-corrected chi connectivity index (χ0v) is 10.7. The third-order valence-corrected chi connectivity index (χ3v) is 2.21. The van der Waals surface area contributed by atoms with Crippen molar-refractivity contribution in [3.63, 3.8) is 0 Å². The third kappa shape index (κ3) is 4.19. The van der Waals surface area contributed by atoms with Gasteiger partial charge in [-0.15, -0.1) is 0 Å². The molecular weight excluding hydrogens is 200 g/mol. The minimum atomic E-state index is 0.173. The van der Waals surface area contributed by atoms with Crippen molar-refractivity contribution in [2.24, 2.45) is 0 Å². The molecule has 1 N–H and O–H groups in total. The van der Waals surface area contributed by atoms with Crippen LogP contribution >= 0.6 is 0 Å². The first-order valence-corrected chi connectivity index (χ1v) is 6.02. The predicted octanol–water partition coefficient (Wildman–Crippen LogP) is 2.54. The average Bonchev–Trinajstić information content (AvgIpc) is 2.25. The molecule has 1 aromatic rings. The van der Waals surface area contributed by atoms with E-state index in [1.165, 1.54) is 5.56 Å². The summed E-state index contributed by atoms with van der Waals surface area (Å²) >= 11 is 0. The van der Waals surface area contributed by atoms with Gasteiger partial charge in [0.1, 0.15) is 0 Å². The van der Waals surface area contributed by atoms with Crippen molar-refractivity contribution in [3.05, 3.63) is 23.4 Å². The van der Waals surface area contributed by atoms with Gasteiger partial charge in [-0.1, -0.05) is 13.8 Å². The fourth-order valence-electron chi connectivity index (χ4n) is 1.47. The lowest BCUT2D eigenvalue weighted by atomic mass is 10.2. The van der Waals surface area contributed by atoms with E-state index >= 15 is 0 Å². The highest BCUT2D eigenvalue weighted by molar-refractivity contribution is 5.25. The Hall–Kier alpha value is -1.09. The Bertz CT molecular complexity index is 324. The van der Waals surface area contributed by atoms with Gasteiger partial charge in [0.05, 0.1) is 6.10 Å². The quantitative estimate of drug-likeness (QED) is 0.803. The second kappa shape index (κ2) is 6.48. The molecule has 0 amide bonds. The lowest BCUT2D eigenvalue weighted by Crippen LogP contribution is -2.13. The normalized spacial score (nSPS) is 10.8. The van der Waals surface area contributed by atoms with Crippen molar-refractivity contribution < 1.29 is 4.74 Å². The van der Waals surface area contributed by atoms with E-state index in [9.17, 15) is 0 Å². The highest BCUT2D eigenvalue weighted by atomic mass is 16.5. The molecule has 0 unspecified atom stereocenters. The van der Waals surface area contributed by atoms with Gasteiger partial charge in [-0.3, -0.25) is 0 Å². The van der Waals surface area contributed by atoms with Crippen LogP contribution < -0.4 is 10.1 Å². The fraction of sp³-hybridized carbons (Fsp3) is 0.615. The standard InChI is InChI=1S/C13H22N2O/c1-5-12-7-11(9-14-6-2)8-13(15-12)16-10(3)4/h7-8,10,14H,5-6,9H2,1-4H3. The molecule has 0 fully saturated rings. The van der Waals surface area contributed by atoms with E-state index in [0.29, 0.717) is 0 Å². The molecule has 0 aliphatic carbocycles.